The van der Waals surface area contributed by atoms with Crippen LogP contribution in [-0.4, -0.2) is 14.5 Å². The standard InChI is InChI=1S/C45H42N5O.Pt/c1-29-23-32(45(6,7)8)24-30(2)42(29)49-28-48(39-17-12-21-47-43(39)49)33-13-11-14-34(26-33)51-35-18-19-37-36-15-9-10-16-38(36)50(40(37)27-35)41-25-31(20-22-46-41)44(3,4)5;/h9-25,28H,1-8H3;/q-3;/i9D,10D,12D,13D,14D,15D,16D,17D,18D,19D,21D;. The smallest absolute Gasteiger partial charge is 0.135 e. The summed E-state index contributed by atoms with van der Waals surface area (Å²) in [4.78, 5) is 12.2. The molecule has 1 aliphatic heterocycles. The molecule has 0 atom stereocenters. The fraction of sp³-hybridized carbons (Fsp3) is 0.222. The van der Waals surface area contributed by atoms with E-state index in [9.17, 15) is 1.37 Å². The maximum atomic E-state index is 9.24. The van der Waals surface area contributed by atoms with Gasteiger partial charge in [0.25, 0.3) is 0 Å². The van der Waals surface area contributed by atoms with Crippen LogP contribution in [0.2, 0.25) is 0 Å². The van der Waals surface area contributed by atoms with Crippen LogP contribution in [0.25, 0.3) is 27.6 Å². The van der Waals surface area contributed by atoms with Gasteiger partial charge in [-0.15, -0.1) is 48.0 Å². The molecule has 0 spiro atoms. The third kappa shape index (κ3) is 6.28. The second-order valence-electron chi connectivity index (χ2n) is 14.7. The van der Waals surface area contributed by atoms with Gasteiger partial charge >= 0.3 is 0 Å². The summed E-state index contributed by atoms with van der Waals surface area (Å²) < 4.78 is 105. The molecule has 8 rings (SSSR count). The Morgan fingerprint density at radius 1 is 0.750 bits per heavy atom. The molecule has 1 aliphatic rings. The van der Waals surface area contributed by atoms with Crippen LogP contribution in [0.5, 0.6) is 11.5 Å². The van der Waals surface area contributed by atoms with Crippen molar-refractivity contribution in [2.24, 2.45) is 0 Å². The Kier molecular flexibility index (Phi) is 6.20. The minimum atomic E-state index is -0.505. The van der Waals surface area contributed by atoms with Gasteiger partial charge in [-0.2, -0.15) is 12.1 Å². The molecule has 0 bridgehead atoms. The van der Waals surface area contributed by atoms with Crippen LogP contribution in [0.4, 0.5) is 22.9 Å². The average molecular weight is 875 g/mol. The number of fused-ring (bicyclic) bond motifs is 4. The first kappa shape index (κ1) is 24.3. The van der Waals surface area contributed by atoms with Crippen molar-refractivity contribution in [3.05, 3.63) is 144 Å². The van der Waals surface area contributed by atoms with Crippen molar-refractivity contribution in [2.75, 3.05) is 9.80 Å². The number of nitrogens with zero attached hydrogens (tertiary/aromatic N) is 5. The van der Waals surface area contributed by atoms with Crippen LogP contribution in [0, 0.1) is 32.6 Å². The number of rotatable bonds is 5. The van der Waals surface area contributed by atoms with E-state index in [1.54, 1.807) is 23.8 Å². The number of anilines is 4. The monoisotopic (exact) mass is 874 g/mol. The van der Waals surface area contributed by atoms with Gasteiger partial charge in [0.2, 0.25) is 0 Å². The van der Waals surface area contributed by atoms with Crippen molar-refractivity contribution in [2.45, 2.75) is 66.2 Å². The first-order chi connectivity index (χ1) is 28.9. The van der Waals surface area contributed by atoms with Gasteiger partial charge in [0.05, 0.1) is 15.3 Å². The van der Waals surface area contributed by atoms with Crippen molar-refractivity contribution in [3.8, 4) is 17.3 Å². The third-order valence-electron chi connectivity index (χ3n) is 8.97. The minimum Gasteiger partial charge on any atom is -0.509 e. The van der Waals surface area contributed by atoms with E-state index in [4.69, 9.17) is 18.4 Å². The Labute approximate surface area is 336 Å². The zero-order chi connectivity index (χ0) is 45.2. The van der Waals surface area contributed by atoms with Crippen molar-refractivity contribution < 1.29 is 40.9 Å². The predicted molar refractivity (Wildman–Crippen MR) is 209 cm³/mol. The van der Waals surface area contributed by atoms with E-state index in [-0.39, 0.29) is 112 Å². The van der Waals surface area contributed by atoms with E-state index in [1.165, 1.54) is 15.5 Å². The molecule has 0 radical (unpaired) electrons. The van der Waals surface area contributed by atoms with Crippen molar-refractivity contribution in [1.82, 2.24) is 14.5 Å². The second-order valence-corrected chi connectivity index (χ2v) is 14.7. The molecule has 6 nitrogen and oxygen atoms in total. The summed E-state index contributed by atoms with van der Waals surface area (Å²) in [7, 11) is 0. The summed E-state index contributed by atoms with van der Waals surface area (Å²) in [5.74, 6) is -0.119. The van der Waals surface area contributed by atoms with Gasteiger partial charge < -0.3 is 19.1 Å². The van der Waals surface area contributed by atoms with E-state index in [2.05, 4.69) is 55.0 Å². The first-order valence-electron chi connectivity index (χ1n) is 22.1. The molecule has 0 saturated carbocycles. The summed E-state index contributed by atoms with van der Waals surface area (Å²) in [6.07, 6.45) is 1.19. The molecule has 0 N–H and O–H groups in total. The van der Waals surface area contributed by atoms with Gasteiger partial charge in [-0.3, -0.25) is 0 Å². The Balaban J connectivity index is 0.00000595. The SMILES string of the molecule is [2H]c1cc([2H])c(N2[CH-]N(c3c(C)cc(C(C)(C)C)cc3C)c3nc([2H])c([2H])c([2H])c32)[c-]c1Oc1[c-]c2c(c([2H])c1[2H])c1c([2H])c([2H])c([2H])c([2H])c1n2-c1cc(C(C)(C)C)ccn1.[Pt]. The number of pyridine rings is 2. The Bertz CT molecular complexity index is 3050. The number of benzene rings is 4. The van der Waals surface area contributed by atoms with Crippen LogP contribution >= 0.6 is 0 Å². The molecule has 3 aromatic heterocycles. The third-order valence-corrected chi connectivity index (χ3v) is 8.97. The maximum Gasteiger partial charge on any atom is 0.135 e. The summed E-state index contributed by atoms with van der Waals surface area (Å²) in [5.41, 5.74) is 4.26. The number of aromatic nitrogens is 3. The fourth-order valence-corrected chi connectivity index (χ4v) is 6.36. The number of hydrogen-bond donors (Lipinski definition) is 0. The summed E-state index contributed by atoms with van der Waals surface area (Å²) >= 11 is 0. The Morgan fingerprint density at radius 3 is 2.23 bits per heavy atom. The molecular formula is C45H42N5OPt-3. The summed E-state index contributed by atoms with van der Waals surface area (Å²) in [6.45, 7) is 17.9. The van der Waals surface area contributed by atoms with E-state index in [0.29, 0.717) is 0 Å². The van der Waals surface area contributed by atoms with Crippen LogP contribution in [-0.2, 0) is 31.9 Å². The van der Waals surface area contributed by atoms with Gasteiger partial charge in [-0.1, -0.05) is 77.3 Å². The van der Waals surface area contributed by atoms with E-state index in [0.717, 1.165) is 27.9 Å². The zero-order valence-electron chi connectivity index (χ0n) is 41.0. The van der Waals surface area contributed by atoms with Crippen LogP contribution in [0.1, 0.15) is 78.9 Å². The van der Waals surface area contributed by atoms with Gasteiger partial charge in [0, 0.05) is 57.5 Å². The summed E-state index contributed by atoms with van der Waals surface area (Å²) in [5, 5.41) is 0.0454. The van der Waals surface area contributed by atoms with Crippen molar-refractivity contribution in [1.29, 1.82) is 0 Å². The largest absolute Gasteiger partial charge is 0.509 e. The van der Waals surface area contributed by atoms with Crippen LogP contribution < -0.4 is 14.5 Å². The quantitative estimate of drug-likeness (QED) is 0.161. The number of para-hydroxylation sites is 1. The van der Waals surface area contributed by atoms with Gasteiger partial charge in [0.1, 0.15) is 11.6 Å². The summed E-state index contributed by atoms with van der Waals surface area (Å²) in [6, 6.07) is 11.1. The van der Waals surface area contributed by atoms with Gasteiger partial charge in [-0.05, 0) is 86.7 Å². The maximum absolute atomic E-state index is 9.24. The normalized spacial score (nSPS) is 16.0. The molecule has 0 saturated heterocycles. The van der Waals surface area contributed by atoms with Crippen LogP contribution in [0.15, 0.2) is 103 Å². The Hall–Kier alpha value is -4.93. The molecule has 0 fully saturated rings. The van der Waals surface area contributed by atoms with E-state index < -0.39 is 42.4 Å². The van der Waals surface area contributed by atoms with Gasteiger partial charge in [-0.25, -0.2) is 9.97 Å². The number of aryl methyl sites for hydroxylation is 2. The van der Waals surface area contributed by atoms with Crippen molar-refractivity contribution in [3.63, 3.8) is 0 Å². The molecule has 4 aromatic carbocycles. The topological polar surface area (TPSA) is 46.4 Å². The molecule has 4 heterocycles. The average Bonchev–Trinajstić information content (AvgIpc) is 3.73. The molecule has 0 unspecified atom stereocenters. The zero-order valence-corrected chi connectivity index (χ0v) is 32.3. The first-order valence-corrected chi connectivity index (χ1v) is 16.6. The van der Waals surface area contributed by atoms with E-state index >= 15 is 0 Å². The van der Waals surface area contributed by atoms with E-state index in [1.807, 2.05) is 40.7 Å². The minimum absolute atomic E-state index is 0. The second kappa shape index (κ2) is 13.2. The molecule has 7 aromatic rings. The molecule has 52 heavy (non-hydrogen) atoms. The Morgan fingerprint density at radius 2 is 1.48 bits per heavy atom. The molecule has 7 heteroatoms. The molecule has 0 aliphatic carbocycles. The molecule has 0 amide bonds. The van der Waals surface area contributed by atoms with Crippen LogP contribution in [0.3, 0.4) is 0 Å². The molecular weight excluding hydrogens is 822 g/mol. The van der Waals surface area contributed by atoms with Gasteiger partial charge in [0.15, 0.2) is 0 Å². The molecule has 266 valence electrons. The number of ether oxygens (including phenoxy) is 1. The predicted octanol–water partition coefficient (Wildman–Crippen LogP) is 11.6. The number of hydrogen-bond acceptors (Lipinski definition) is 5. The van der Waals surface area contributed by atoms with Crippen molar-refractivity contribution >= 4 is 44.7 Å². The fourth-order valence-electron chi connectivity index (χ4n) is 6.36.